The quantitative estimate of drug-likeness (QED) is 0.934. The molecule has 18 heavy (non-hydrogen) atoms. The third-order valence-corrected chi connectivity index (χ3v) is 3.78. The maximum Gasteiger partial charge on any atom is 0.270 e. The molecule has 0 aliphatic heterocycles. The molecule has 0 aliphatic carbocycles. The molecule has 0 spiro atoms. The number of halogens is 1. The maximum absolute atomic E-state index is 11.9. The van der Waals surface area contributed by atoms with Crippen molar-refractivity contribution in [1.29, 1.82) is 0 Å². The molecule has 0 bridgehead atoms. The Labute approximate surface area is 115 Å². The summed E-state index contributed by atoms with van der Waals surface area (Å²) >= 11 is 7.47. The molecule has 0 saturated carbocycles. The average molecular weight is 281 g/mol. The van der Waals surface area contributed by atoms with Crippen molar-refractivity contribution in [2.24, 2.45) is 0 Å². The third-order valence-electron chi connectivity index (χ3n) is 2.58. The second-order valence-corrected chi connectivity index (χ2v) is 5.20. The predicted octanol–water partition coefficient (Wildman–Crippen LogP) is 3.29. The summed E-state index contributed by atoms with van der Waals surface area (Å²) < 4.78 is 0. The van der Waals surface area contributed by atoms with Crippen molar-refractivity contribution in [3.63, 3.8) is 0 Å². The lowest BCUT2D eigenvalue weighted by Crippen LogP contribution is -2.23. The van der Waals surface area contributed by atoms with Crippen molar-refractivity contribution in [2.75, 3.05) is 0 Å². The van der Waals surface area contributed by atoms with Gasteiger partial charge in [-0.3, -0.25) is 9.78 Å². The smallest absolute Gasteiger partial charge is 0.270 e. The van der Waals surface area contributed by atoms with Gasteiger partial charge in [0, 0.05) is 16.1 Å². The summed E-state index contributed by atoms with van der Waals surface area (Å²) in [4.78, 5) is 17.0. The van der Waals surface area contributed by atoms with E-state index in [9.17, 15) is 4.79 Å². The second kappa shape index (κ2) is 5.98. The second-order valence-electron chi connectivity index (χ2n) is 3.76. The minimum atomic E-state index is -0.201. The Hall–Kier alpha value is -1.39. The SMILES string of the molecule is CCc1ccsc1CNC(=O)c1cc(Cl)ccn1. The molecule has 0 aromatic carbocycles. The van der Waals surface area contributed by atoms with E-state index in [0.29, 0.717) is 17.3 Å². The normalized spacial score (nSPS) is 10.3. The Morgan fingerprint density at radius 2 is 2.33 bits per heavy atom. The minimum absolute atomic E-state index is 0.201. The molecule has 1 N–H and O–H groups in total. The molecule has 3 nitrogen and oxygen atoms in total. The number of pyridine rings is 1. The summed E-state index contributed by atoms with van der Waals surface area (Å²) in [6.07, 6.45) is 2.50. The number of amides is 1. The highest BCUT2D eigenvalue weighted by molar-refractivity contribution is 7.10. The summed E-state index contributed by atoms with van der Waals surface area (Å²) in [5.41, 5.74) is 1.62. The van der Waals surface area contributed by atoms with Crippen molar-refractivity contribution in [1.82, 2.24) is 10.3 Å². The minimum Gasteiger partial charge on any atom is -0.346 e. The predicted molar refractivity (Wildman–Crippen MR) is 74.1 cm³/mol. The van der Waals surface area contributed by atoms with Crippen LogP contribution < -0.4 is 5.32 Å². The van der Waals surface area contributed by atoms with Crippen molar-refractivity contribution < 1.29 is 4.79 Å². The Morgan fingerprint density at radius 3 is 3.06 bits per heavy atom. The molecule has 2 heterocycles. The van der Waals surface area contributed by atoms with Gasteiger partial charge in [0.1, 0.15) is 5.69 Å². The lowest BCUT2D eigenvalue weighted by atomic mass is 10.2. The molecular weight excluding hydrogens is 268 g/mol. The van der Waals surface area contributed by atoms with Crippen LogP contribution in [0.3, 0.4) is 0 Å². The fraction of sp³-hybridized carbons (Fsp3) is 0.231. The summed E-state index contributed by atoms with van der Waals surface area (Å²) in [7, 11) is 0. The van der Waals surface area contributed by atoms with E-state index in [2.05, 4.69) is 23.3 Å². The third kappa shape index (κ3) is 3.09. The fourth-order valence-corrected chi connectivity index (χ4v) is 2.69. The van der Waals surface area contributed by atoms with Crippen LogP contribution in [0, 0.1) is 0 Å². The van der Waals surface area contributed by atoms with Crippen LogP contribution in [0.25, 0.3) is 0 Å². The molecule has 2 aromatic heterocycles. The molecular formula is C13H13ClN2OS. The first kappa shape index (κ1) is 13.1. The van der Waals surface area contributed by atoms with Gasteiger partial charge in [-0.05, 0) is 35.6 Å². The van der Waals surface area contributed by atoms with Crippen molar-refractivity contribution in [2.45, 2.75) is 19.9 Å². The van der Waals surface area contributed by atoms with Crippen LogP contribution in [0.2, 0.25) is 5.02 Å². The van der Waals surface area contributed by atoms with Gasteiger partial charge in [-0.25, -0.2) is 0 Å². The first-order chi connectivity index (χ1) is 8.70. The van der Waals surface area contributed by atoms with Gasteiger partial charge in [0.15, 0.2) is 0 Å². The Morgan fingerprint density at radius 1 is 1.50 bits per heavy atom. The van der Waals surface area contributed by atoms with Gasteiger partial charge in [0.25, 0.3) is 5.91 Å². The average Bonchev–Trinajstić information content (AvgIpc) is 2.83. The summed E-state index contributed by atoms with van der Waals surface area (Å²) in [5, 5.41) is 5.41. The number of carbonyl (C=O) groups excluding carboxylic acids is 1. The summed E-state index contributed by atoms with van der Waals surface area (Å²) in [6.45, 7) is 2.64. The van der Waals surface area contributed by atoms with Crippen LogP contribution in [-0.4, -0.2) is 10.9 Å². The maximum atomic E-state index is 11.9. The highest BCUT2D eigenvalue weighted by atomic mass is 35.5. The van der Waals surface area contributed by atoms with E-state index in [4.69, 9.17) is 11.6 Å². The van der Waals surface area contributed by atoms with Gasteiger partial charge in [-0.15, -0.1) is 11.3 Å². The highest BCUT2D eigenvalue weighted by Gasteiger charge is 2.09. The van der Waals surface area contributed by atoms with E-state index in [0.717, 1.165) is 6.42 Å². The molecule has 0 fully saturated rings. The lowest BCUT2D eigenvalue weighted by molar-refractivity contribution is 0.0946. The van der Waals surface area contributed by atoms with E-state index in [1.54, 1.807) is 23.5 Å². The van der Waals surface area contributed by atoms with Gasteiger partial charge < -0.3 is 5.32 Å². The monoisotopic (exact) mass is 280 g/mol. The Balaban J connectivity index is 2.00. The van der Waals surface area contributed by atoms with Crippen LogP contribution in [0.4, 0.5) is 0 Å². The highest BCUT2D eigenvalue weighted by Crippen LogP contribution is 2.17. The van der Waals surface area contributed by atoms with Crippen molar-refractivity contribution in [3.8, 4) is 0 Å². The van der Waals surface area contributed by atoms with Gasteiger partial charge in [-0.2, -0.15) is 0 Å². The van der Waals surface area contributed by atoms with Gasteiger partial charge >= 0.3 is 0 Å². The number of carbonyl (C=O) groups is 1. The van der Waals surface area contributed by atoms with Gasteiger partial charge in [-0.1, -0.05) is 18.5 Å². The first-order valence-electron chi connectivity index (χ1n) is 5.65. The van der Waals surface area contributed by atoms with Crippen LogP contribution in [0.15, 0.2) is 29.8 Å². The Kier molecular flexibility index (Phi) is 4.33. The zero-order chi connectivity index (χ0) is 13.0. The number of hydrogen-bond donors (Lipinski definition) is 1. The molecule has 0 aliphatic rings. The number of aryl methyl sites for hydroxylation is 1. The largest absolute Gasteiger partial charge is 0.346 e. The zero-order valence-corrected chi connectivity index (χ0v) is 11.5. The van der Waals surface area contributed by atoms with Crippen molar-refractivity contribution >= 4 is 28.8 Å². The van der Waals surface area contributed by atoms with Crippen LogP contribution in [0.1, 0.15) is 27.9 Å². The van der Waals surface area contributed by atoms with Gasteiger partial charge in [0.05, 0.1) is 6.54 Å². The molecule has 0 atom stereocenters. The van der Waals surface area contributed by atoms with Crippen molar-refractivity contribution in [3.05, 3.63) is 50.9 Å². The summed E-state index contributed by atoms with van der Waals surface area (Å²) in [5.74, 6) is -0.201. The van der Waals surface area contributed by atoms with E-state index in [1.807, 2.05) is 5.38 Å². The molecule has 1 amide bonds. The molecule has 0 unspecified atom stereocenters. The number of aromatic nitrogens is 1. The molecule has 0 radical (unpaired) electrons. The van der Waals surface area contributed by atoms with Gasteiger partial charge in [0.2, 0.25) is 0 Å². The van der Waals surface area contributed by atoms with E-state index < -0.39 is 0 Å². The van der Waals surface area contributed by atoms with E-state index in [1.165, 1.54) is 16.6 Å². The van der Waals surface area contributed by atoms with E-state index in [-0.39, 0.29) is 5.91 Å². The van der Waals surface area contributed by atoms with Crippen LogP contribution in [-0.2, 0) is 13.0 Å². The zero-order valence-electron chi connectivity index (χ0n) is 9.94. The van der Waals surface area contributed by atoms with Crippen LogP contribution >= 0.6 is 22.9 Å². The molecule has 0 saturated heterocycles. The summed E-state index contributed by atoms with van der Waals surface area (Å²) in [6, 6.07) is 5.29. The number of rotatable bonds is 4. The molecule has 5 heteroatoms. The molecule has 2 rings (SSSR count). The van der Waals surface area contributed by atoms with E-state index >= 15 is 0 Å². The first-order valence-corrected chi connectivity index (χ1v) is 6.91. The lowest BCUT2D eigenvalue weighted by Gasteiger charge is -2.05. The van der Waals surface area contributed by atoms with Crippen LogP contribution in [0.5, 0.6) is 0 Å². The number of nitrogens with one attached hydrogen (secondary N) is 1. The number of nitrogens with zero attached hydrogens (tertiary/aromatic N) is 1. The number of thiophene rings is 1. The Bertz CT molecular complexity index is 553. The fourth-order valence-electron chi connectivity index (χ4n) is 1.62. The molecule has 94 valence electrons. The number of hydrogen-bond acceptors (Lipinski definition) is 3. The standard InChI is InChI=1S/C13H13ClN2OS/c1-2-9-4-6-18-12(9)8-16-13(17)11-7-10(14)3-5-15-11/h3-7H,2,8H2,1H3,(H,16,17). The molecule has 2 aromatic rings. The topological polar surface area (TPSA) is 42.0 Å².